The van der Waals surface area contributed by atoms with Gasteiger partial charge in [0.2, 0.25) is 11.8 Å². The van der Waals surface area contributed by atoms with Gasteiger partial charge in [0, 0.05) is 0 Å². The molecule has 0 aliphatic rings. The third-order valence-corrected chi connectivity index (χ3v) is 2.60. The highest BCUT2D eigenvalue weighted by Gasteiger charge is 2.23. The number of nitrogens with one attached hydrogen (secondary N) is 2. The fourth-order valence-corrected chi connectivity index (χ4v) is 1.54. The molecule has 1 aromatic carbocycles. The minimum absolute atomic E-state index is 0.460. The topological polar surface area (TPSA) is 136 Å². The fourth-order valence-electron chi connectivity index (χ4n) is 1.54. The molecule has 0 aliphatic heterocycles. The molecule has 0 heterocycles. The number of hydrogen-bond acceptors (Lipinski definition) is 5. The first-order valence-corrected chi connectivity index (χ1v) is 6.09. The van der Waals surface area contributed by atoms with Crippen LogP contribution < -0.4 is 10.6 Å². The van der Waals surface area contributed by atoms with Gasteiger partial charge < -0.3 is 26.0 Å². The van der Waals surface area contributed by atoms with E-state index in [-0.39, 0.29) is 0 Å². The van der Waals surface area contributed by atoms with Crippen molar-refractivity contribution >= 4 is 17.8 Å². The standard InChI is InChI=1S/C13H16N2O6/c16-7-10(18)15-11(8-4-2-1-3-5-8)12(19)14-6-9(17)13(20)21/h1-5,9,11,16-17H,6-7H2,(H,14,19)(H,15,18)(H,20,21)/t9-,11+/m0/s1. The van der Waals surface area contributed by atoms with Gasteiger partial charge >= 0.3 is 5.97 Å². The molecule has 0 unspecified atom stereocenters. The Balaban J connectivity index is 2.79. The lowest BCUT2D eigenvalue weighted by molar-refractivity contribution is -0.146. The van der Waals surface area contributed by atoms with Gasteiger partial charge in [0.1, 0.15) is 12.6 Å². The highest BCUT2D eigenvalue weighted by Crippen LogP contribution is 2.12. The molecular formula is C13H16N2O6. The lowest BCUT2D eigenvalue weighted by Gasteiger charge is -2.19. The van der Waals surface area contributed by atoms with Crippen LogP contribution in [0.15, 0.2) is 30.3 Å². The summed E-state index contributed by atoms with van der Waals surface area (Å²) in [4.78, 5) is 33.7. The molecule has 1 aromatic rings. The van der Waals surface area contributed by atoms with Gasteiger partial charge in [0.15, 0.2) is 6.10 Å². The van der Waals surface area contributed by atoms with Gasteiger partial charge in [-0.05, 0) is 5.56 Å². The molecule has 0 saturated carbocycles. The molecule has 0 aromatic heterocycles. The maximum Gasteiger partial charge on any atom is 0.334 e. The summed E-state index contributed by atoms with van der Waals surface area (Å²) < 4.78 is 0. The van der Waals surface area contributed by atoms with Crippen molar-refractivity contribution in [2.45, 2.75) is 12.1 Å². The highest BCUT2D eigenvalue weighted by atomic mass is 16.4. The summed E-state index contributed by atoms with van der Waals surface area (Å²) in [5, 5.41) is 30.9. The molecular weight excluding hydrogens is 280 g/mol. The van der Waals surface area contributed by atoms with Crippen LogP contribution >= 0.6 is 0 Å². The Morgan fingerprint density at radius 2 is 1.76 bits per heavy atom. The molecule has 5 N–H and O–H groups in total. The van der Waals surface area contributed by atoms with Crippen LogP contribution in [0.3, 0.4) is 0 Å². The highest BCUT2D eigenvalue weighted by molar-refractivity contribution is 5.89. The van der Waals surface area contributed by atoms with E-state index >= 15 is 0 Å². The number of hydrogen-bond donors (Lipinski definition) is 5. The van der Waals surface area contributed by atoms with Crippen LogP contribution in [0, 0.1) is 0 Å². The van der Waals surface area contributed by atoms with Gasteiger partial charge in [0.05, 0.1) is 6.54 Å². The molecule has 0 bridgehead atoms. The smallest absolute Gasteiger partial charge is 0.334 e. The number of benzene rings is 1. The molecule has 0 fully saturated rings. The van der Waals surface area contributed by atoms with Crippen LogP contribution in [0.4, 0.5) is 0 Å². The molecule has 8 nitrogen and oxygen atoms in total. The van der Waals surface area contributed by atoms with Crippen LogP contribution in [-0.2, 0) is 14.4 Å². The van der Waals surface area contributed by atoms with E-state index in [4.69, 9.17) is 15.3 Å². The lowest BCUT2D eigenvalue weighted by Crippen LogP contribution is -2.44. The van der Waals surface area contributed by atoms with Crippen molar-refractivity contribution in [2.75, 3.05) is 13.2 Å². The summed E-state index contributed by atoms with van der Waals surface area (Å²) in [7, 11) is 0. The first-order chi connectivity index (χ1) is 9.95. The zero-order valence-corrected chi connectivity index (χ0v) is 11.0. The average molecular weight is 296 g/mol. The Bertz CT molecular complexity index is 505. The number of aliphatic hydroxyl groups is 2. The van der Waals surface area contributed by atoms with Crippen LogP contribution in [0.2, 0.25) is 0 Å². The largest absolute Gasteiger partial charge is 0.479 e. The number of amides is 2. The predicted molar refractivity (Wildman–Crippen MR) is 71.1 cm³/mol. The predicted octanol–water partition coefficient (Wildman–Crippen LogP) is -1.60. The number of aliphatic hydroxyl groups excluding tert-OH is 2. The Morgan fingerprint density at radius 1 is 1.14 bits per heavy atom. The fraction of sp³-hybridized carbons (Fsp3) is 0.308. The van der Waals surface area contributed by atoms with E-state index in [2.05, 4.69) is 10.6 Å². The summed E-state index contributed by atoms with van der Waals surface area (Å²) >= 11 is 0. The Labute approximate surface area is 120 Å². The van der Waals surface area contributed by atoms with E-state index in [0.717, 1.165) is 0 Å². The third kappa shape index (κ3) is 5.21. The minimum Gasteiger partial charge on any atom is -0.479 e. The third-order valence-electron chi connectivity index (χ3n) is 2.60. The van der Waals surface area contributed by atoms with Gasteiger partial charge in [-0.25, -0.2) is 4.79 Å². The van der Waals surface area contributed by atoms with Crippen LogP contribution in [0.5, 0.6) is 0 Å². The number of carbonyl (C=O) groups excluding carboxylic acids is 2. The Hall–Kier alpha value is -2.45. The number of rotatable bonds is 7. The van der Waals surface area contributed by atoms with Gasteiger partial charge in [-0.3, -0.25) is 9.59 Å². The van der Waals surface area contributed by atoms with Gasteiger partial charge in [0.25, 0.3) is 0 Å². The van der Waals surface area contributed by atoms with E-state index in [1.807, 2.05) is 0 Å². The van der Waals surface area contributed by atoms with Crippen molar-refractivity contribution in [2.24, 2.45) is 0 Å². The van der Waals surface area contributed by atoms with Crippen molar-refractivity contribution in [3.8, 4) is 0 Å². The van der Waals surface area contributed by atoms with Gasteiger partial charge in [-0.15, -0.1) is 0 Å². The van der Waals surface area contributed by atoms with Crippen molar-refractivity contribution < 1.29 is 29.7 Å². The van der Waals surface area contributed by atoms with E-state index in [0.29, 0.717) is 5.56 Å². The van der Waals surface area contributed by atoms with Crippen LogP contribution in [0.1, 0.15) is 11.6 Å². The van der Waals surface area contributed by atoms with E-state index < -0.39 is 43.1 Å². The zero-order chi connectivity index (χ0) is 15.8. The lowest BCUT2D eigenvalue weighted by atomic mass is 10.1. The molecule has 0 radical (unpaired) electrons. The van der Waals surface area contributed by atoms with E-state index in [1.54, 1.807) is 30.3 Å². The quantitative estimate of drug-likeness (QED) is 0.411. The van der Waals surface area contributed by atoms with E-state index in [9.17, 15) is 14.4 Å². The number of aliphatic carboxylic acids is 1. The molecule has 2 amide bonds. The maximum absolute atomic E-state index is 12.0. The average Bonchev–Trinajstić information content (AvgIpc) is 2.50. The van der Waals surface area contributed by atoms with Crippen LogP contribution in [0.25, 0.3) is 0 Å². The molecule has 0 aliphatic carbocycles. The van der Waals surface area contributed by atoms with Gasteiger partial charge in [-0.2, -0.15) is 0 Å². The maximum atomic E-state index is 12.0. The number of carboxylic acids is 1. The molecule has 1 rings (SSSR count). The van der Waals surface area contributed by atoms with Gasteiger partial charge in [-0.1, -0.05) is 30.3 Å². The second-order valence-electron chi connectivity index (χ2n) is 4.17. The van der Waals surface area contributed by atoms with Crippen LogP contribution in [-0.4, -0.2) is 52.4 Å². The van der Waals surface area contributed by atoms with Crippen molar-refractivity contribution in [3.05, 3.63) is 35.9 Å². The molecule has 2 atom stereocenters. The Kier molecular flexibility index (Phi) is 6.31. The molecule has 21 heavy (non-hydrogen) atoms. The first-order valence-electron chi connectivity index (χ1n) is 6.09. The zero-order valence-electron chi connectivity index (χ0n) is 11.0. The minimum atomic E-state index is -1.74. The summed E-state index contributed by atoms with van der Waals surface area (Å²) in [5.74, 6) is -2.91. The second-order valence-corrected chi connectivity index (χ2v) is 4.17. The normalized spacial score (nSPS) is 13.0. The summed E-state index contributed by atoms with van der Waals surface area (Å²) in [6.45, 7) is -1.28. The summed E-state index contributed by atoms with van der Waals surface area (Å²) in [6.07, 6.45) is -1.74. The monoisotopic (exact) mass is 296 g/mol. The molecule has 114 valence electrons. The molecule has 0 saturated heterocycles. The molecule has 0 spiro atoms. The number of carboxylic acid groups (broad SMARTS) is 1. The van der Waals surface area contributed by atoms with Crippen molar-refractivity contribution in [1.82, 2.24) is 10.6 Å². The SMILES string of the molecule is O=C(CO)N[C@@H](C(=O)NC[C@H](O)C(=O)O)c1ccccc1. The number of carbonyl (C=O) groups is 3. The summed E-state index contributed by atoms with van der Waals surface area (Å²) in [6, 6.07) is 7.14. The Morgan fingerprint density at radius 3 is 2.29 bits per heavy atom. The van der Waals surface area contributed by atoms with Crippen molar-refractivity contribution in [1.29, 1.82) is 0 Å². The second kappa shape index (κ2) is 7.98. The molecule has 8 heteroatoms. The van der Waals surface area contributed by atoms with E-state index in [1.165, 1.54) is 0 Å². The van der Waals surface area contributed by atoms with Crippen molar-refractivity contribution in [3.63, 3.8) is 0 Å². The first kappa shape index (κ1) is 16.6. The summed E-state index contributed by atoms with van der Waals surface area (Å²) in [5.41, 5.74) is 0.460.